The van der Waals surface area contributed by atoms with Crippen LogP contribution in [0.5, 0.6) is 6.01 Å². The second-order valence-electron chi connectivity index (χ2n) is 10.5. The number of carboxylic acids is 1. The van der Waals surface area contributed by atoms with Gasteiger partial charge in [0.05, 0.1) is 17.3 Å². The van der Waals surface area contributed by atoms with Gasteiger partial charge in [0.1, 0.15) is 12.4 Å². The molecule has 3 heterocycles. The molecular weight excluding hydrogens is 544 g/mol. The first-order chi connectivity index (χ1) is 19.8. The van der Waals surface area contributed by atoms with Crippen molar-refractivity contribution in [1.29, 1.82) is 0 Å². The summed E-state index contributed by atoms with van der Waals surface area (Å²) < 4.78 is 6.18. The lowest BCUT2D eigenvalue weighted by Crippen LogP contribution is -2.36. The monoisotopic (exact) mass is 578 g/mol. The van der Waals surface area contributed by atoms with Crippen molar-refractivity contribution in [1.82, 2.24) is 20.2 Å². The molecule has 1 amide bonds. The van der Waals surface area contributed by atoms with Gasteiger partial charge < -0.3 is 29.9 Å². The molecule has 0 spiro atoms. The first kappa shape index (κ1) is 28.6. The number of nitrogens with zero attached hydrogens (tertiary/aromatic N) is 5. The van der Waals surface area contributed by atoms with Gasteiger partial charge in [0.2, 0.25) is 5.91 Å². The molecule has 10 nitrogen and oxygen atoms in total. The molecule has 1 atom stereocenters. The van der Waals surface area contributed by atoms with Gasteiger partial charge in [-0.3, -0.25) is 4.79 Å². The third-order valence-corrected chi connectivity index (χ3v) is 8.07. The third-order valence-electron chi connectivity index (χ3n) is 7.76. The highest BCUT2D eigenvalue weighted by Crippen LogP contribution is 2.36. The number of anilines is 2. The van der Waals surface area contributed by atoms with Gasteiger partial charge in [-0.05, 0) is 50.4 Å². The maximum Gasteiger partial charge on any atom is 0.328 e. The minimum Gasteiger partial charge on any atom is -0.478 e. The minimum atomic E-state index is -1.17. The van der Waals surface area contributed by atoms with E-state index in [9.17, 15) is 9.59 Å². The third kappa shape index (κ3) is 6.71. The summed E-state index contributed by atoms with van der Waals surface area (Å²) in [5.74, 6) is -0.851. The number of aromatic nitrogens is 2. The van der Waals surface area contributed by atoms with Crippen LogP contribution in [0.4, 0.5) is 11.5 Å². The van der Waals surface area contributed by atoms with E-state index < -0.39 is 11.9 Å². The highest BCUT2D eigenvalue weighted by Gasteiger charge is 2.27. The molecule has 0 radical (unpaired) electrons. The number of benzene rings is 2. The van der Waals surface area contributed by atoms with E-state index in [1.54, 1.807) is 0 Å². The van der Waals surface area contributed by atoms with Gasteiger partial charge in [0.15, 0.2) is 0 Å². The Hall–Kier alpha value is -3.89. The lowest BCUT2D eigenvalue weighted by atomic mass is 10.0. The number of carboxylic acid groups (broad SMARTS) is 1. The normalized spacial score (nSPS) is 17.1. The fourth-order valence-electron chi connectivity index (χ4n) is 5.53. The van der Waals surface area contributed by atoms with Crippen molar-refractivity contribution in [3.63, 3.8) is 0 Å². The van der Waals surface area contributed by atoms with Gasteiger partial charge >= 0.3 is 12.0 Å². The molecule has 2 aliphatic rings. The van der Waals surface area contributed by atoms with Crippen LogP contribution in [0.3, 0.4) is 0 Å². The van der Waals surface area contributed by atoms with Crippen LogP contribution in [0.25, 0.3) is 10.8 Å². The summed E-state index contributed by atoms with van der Waals surface area (Å²) >= 11 is 6.65. The van der Waals surface area contributed by atoms with E-state index >= 15 is 0 Å². The summed E-state index contributed by atoms with van der Waals surface area (Å²) in [6, 6.07) is 12.8. The van der Waals surface area contributed by atoms with Gasteiger partial charge in [0.25, 0.3) is 0 Å². The molecular formula is C30H35ClN6O4. The molecule has 11 heteroatoms. The SMILES string of the molecule is CN(CCNC(=O)C=CC(=O)O)c1nc(OCC2CCCN2C)nc2c1CCN(c1cccc3cccc(Cl)c13)C2. The molecule has 1 fully saturated rings. The average Bonchev–Trinajstić information content (AvgIpc) is 3.38. The zero-order chi connectivity index (χ0) is 28.9. The predicted octanol–water partition coefficient (Wildman–Crippen LogP) is 3.51. The van der Waals surface area contributed by atoms with Crippen molar-refractivity contribution in [2.75, 3.05) is 56.7 Å². The summed E-state index contributed by atoms with van der Waals surface area (Å²) in [5.41, 5.74) is 3.03. The number of likely N-dealkylation sites (tertiary alicyclic amines) is 1. The maximum atomic E-state index is 11.9. The molecule has 0 saturated carbocycles. The van der Waals surface area contributed by atoms with Crippen molar-refractivity contribution < 1.29 is 19.4 Å². The second-order valence-corrected chi connectivity index (χ2v) is 10.9. The Bertz CT molecular complexity index is 1460. The van der Waals surface area contributed by atoms with E-state index in [0.29, 0.717) is 38.3 Å². The Morgan fingerprint density at radius 1 is 1.20 bits per heavy atom. The topological polar surface area (TPSA) is 111 Å². The molecule has 2 aliphatic heterocycles. The average molecular weight is 579 g/mol. The van der Waals surface area contributed by atoms with Crippen LogP contribution < -0.4 is 19.9 Å². The van der Waals surface area contributed by atoms with Crippen molar-refractivity contribution in [3.8, 4) is 6.01 Å². The van der Waals surface area contributed by atoms with Gasteiger partial charge in [-0.15, -0.1) is 0 Å². The number of fused-ring (bicyclic) bond motifs is 2. The molecule has 41 heavy (non-hydrogen) atoms. The van der Waals surface area contributed by atoms with Crippen LogP contribution >= 0.6 is 11.6 Å². The van der Waals surface area contributed by atoms with Crippen LogP contribution in [0.2, 0.25) is 5.02 Å². The van der Waals surface area contributed by atoms with Crippen molar-refractivity contribution >= 4 is 45.8 Å². The summed E-state index contributed by atoms with van der Waals surface area (Å²) in [6.45, 7) is 3.73. The molecule has 5 rings (SSSR count). The molecule has 216 valence electrons. The first-order valence-electron chi connectivity index (χ1n) is 13.8. The molecule has 1 unspecified atom stereocenters. The van der Waals surface area contributed by atoms with E-state index in [2.05, 4.69) is 46.4 Å². The van der Waals surface area contributed by atoms with E-state index in [-0.39, 0.29) is 0 Å². The Kier molecular flexibility index (Phi) is 8.90. The maximum absolute atomic E-state index is 11.9. The molecule has 1 aromatic heterocycles. The predicted molar refractivity (Wildman–Crippen MR) is 160 cm³/mol. The zero-order valence-corrected chi connectivity index (χ0v) is 24.1. The van der Waals surface area contributed by atoms with Crippen molar-refractivity contribution in [2.45, 2.75) is 31.8 Å². The van der Waals surface area contributed by atoms with Crippen molar-refractivity contribution in [3.05, 3.63) is 64.8 Å². The fourth-order valence-corrected chi connectivity index (χ4v) is 5.81. The number of nitrogens with one attached hydrogen (secondary N) is 1. The number of likely N-dealkylation sites (N-methyl/N-ethyl adjacent to an activating group) is 2. The van der Waals surface area contributed by atoms with Gasteiger partial charge in [-0.1, -0.05) is 35.9 Å². The number of carbonyl (C=O) groups excluding carboxylic acids is 1. The molecule has 3 aromatic rings. The highest BCUT2D eigenvalue weighted by atomic mass is 35.5. The van der Waals surface area contributed by atoms with E-state index in [1.165, 1.54) is 0 Å². The molecule has 1 saturated heterocycles. The lowest BCUT2D eigenvalue weighted by molar-refractivity contribution is -0.131. The van der Waals surface area contributed by atoms with E-state index in [0.717, 1.165) is 83.1 Å². The number of hydrogen-bond acceptors (Lipinski definition) is 8. The first-order valence-corrected chi connectivity index (χ1v) is 14.2. The quantitative estimate of drug-likeness (QED) is 0.349. The van der Waals surface area contributed by atoms with Gasteiger partial charge in [-0.2, -0.15) is 9.97 Å². The minimum absolute atomic E-state index is 0.321. The fraction of sp³-hybridized carbons (Fsp3) is 0.400. The summed E-state index contributed by atoms with van der Waals surface area (Å²) in [4.78, 5) is 38.9. The molecule has 0 bridgehead atoms. The number of amides is 1. The van der Waals surface area contributed by atoms with Crippen LogP contribution in [0, 0.1) is 0 Å². The molecule has 0 aliphatic carbocycles. The number of rotatable bonds is 10. The lowest BCUT2D eigenvalue weighted by Gasteiger charge is -2.33. The van der Waals surface area contributed by atoms with Crippen LogP contribution in [-0.2, 0) is 22.6 Å². The van der Waals surface area contributed by atoms with Crippen LogP contribution in [-0.4, -0.2) is 84.8 Å². The van der Waals surface area contributed by atoms with Crippen LogP contribution in [0.15, 0.2) is 48.6 Å². The standard InChI is InChI=1S/C30H35ClN6O4/c1-35-15-5-8-21(35)19-41-30-33-24-18-37(25-10-4-7-20-6-3-9-23(31)28(20)25)16-13-22(24)29(34-30)36(2)17-14-32-26(38)11-12-27(39)40/h3-4,6-7,9-12,21H,5,8,13-19H2,1-2H3,(H,32,38)(H,39,40). The second kappa shape index (κ2) is 12.7. The van der Waals surface area contributed by atoms with Gasteiger partial charge in [0, 0.05) is 61.5 Å². The van der Waals surface area contributed by atoms with E-state index in [1.807, 2.05) is 24.1 Å². The number of carbonyl (C=O) groups is 2. The van der Waals surface area contributed by atoms with Crippen molar-refractivity contribution in [2.24, 2.45) is 0 Å². The summed E-state index contributed by atoms with van der Waals surface area (Å²) in [6.07, 6.45) is 4.80. The molecule has 2 aromatic carbocycles. The largest absolute Gasteiger partial charge is 0.478 e. The Morgan fingerprint density at radius 3 is 2.76 bits per heavy atom. The number of hydrogen-bond donors (Lipinski definition) is 2. The number of aliphatic carboxylic acids is 1. The van der Waals surface area contributed by atoms with Gasteiger partial charge in [-0.25, -0.2) is 4.79 Å². The smallest absolute Gasteiger partial charge is 0.328 e. The Morgan fingerprint density at radius 2 is 2.00 bits per heavy atom. The Labute approximate surface area is 244 Å². The highest BCUT2D eigenvalue weighted by molar-refractivity contribution is 6.36. The zero-order valence-electron chi connectivity index (χ0n) is 23.3. The molecule has 2 N–H and O–H groups in total. The number of halogens is 1. The van der Waals surface area contributed by atoms with E-state index in [4.69, 9.17) is 31.4 Å². The summed E-state index contributed by atoms with van der Waals surface area (Å²) in [5, 5.41) is 14.3. The Balaban J connectivity index is 1.39. The number of ether oxygens (including phenoxy) is 1. The summed E-state index contributed by atoms with van der Waals surface area (Å²) in [7, 11) is 4.04. The van der Waals surface area contributed by atoms with Crippen LogP contribution in [0.1, 0.15) is 24.1 Å².